The average molecular weight is 141 g/mol. The molecule has 0 saturated carbocycles. The third-order valence-corrected chi connectivity index (χ3v) is 1.45. The Morgan fingerprint density at radius 2 is 2.10 bits per heavy atom. The van der Waals surface area contributed by atoms with Crippen molar-refractivity contribution in [3.63, 3.8) is 0 Å². The highest BCUT2D eigenvalue weighted by Gasteiger charge is 1.97. The number of hydrogen-bond donors (Lipinski definition) is 1. The van der Waals surface area contributed by atoms with Crippen LogP contribution in [0.25, 0.3) is 0 Å². The van der Waals surface area contributed by atoms with Gasteiger partial charge in [0.05, 0.1) is 0 Å². The Balaban J connectivity index is 4.14. The maximum absolute atomic E-state index is 10.4. The molecule has 0 aliphatic rings. The standard InChI is InChI=1S/C8H15NO/c1-3-5-7(6-10)8(9)4-2/h6H,3-5,9H2,1-2H3. The summed E-state index contributed by atoms with van der Waals surface area (Å²) in [6.45, 7) is 3.99. The SMILES string of the molecule is CCCC(C=O)=C(N)CC. The molecule has 0 bridgehead atoms. The van der Waals surface area contributed by atoms with Gasteiger partial charge in [-0.2, -0.15) is 0 Å². The van der Waals surface area contributed by atoms with Crippen molar-refractivity contribution in [2.45, 2.75) is 33.1 Å². The third-order valence-electron chi connectivity index (χ3n) is 1.45. The smallest absolute Gasteiger partial charge is 0.147 e. The van der Waals surface area contributed by atoms with Crippen LogP contribution in [0.1, 0.15) is 33.1 Å². The summed E-state index contributed by atoms with van der Waals surface area (Å²) in [6.07, 6.45) is 3.42. The summed E-state index contributed by atoms with van der Waals surface area (Å²) in [5.41, 5.74) is 7.06. The molecule has 2 heteroatoms. The summed E-state index contributed by atoms with van der Waals surface area (Å²) in [4.78, 5) is 10.4. The van der Waals surface area contributed by atoms with Crippen molar-refractivity contribution in [2.24, 2.45) is 5.73 Å². The molecule has 0 aromatic heterocycles. The lowest BCUT2D eigenvalue weighted by molar-refractivity contribution is -0.105. The van der Waals surface area contributed by atoms with Crippen LogP contribution in [0.5, 0.6) is 0 Å². The largest absolute Gasteiger partial charge is 0.402 e. The fraction of sp³-hybridized carbons (Fsp3) is 0.625. The number of hydrogen-bond acceptors (Lipinski definition) is 2. The fourth-order valence-corrected chi connectivity index (χ4v) is 0.792. The number of aldehydes is 1. The van der Waals surface area contributed by atoms with Gasteiger partial charge in [0.15, 0.2) is 0 Å². The van der Waals surface area contributed by atoms with Crippen LogP contribution in [-0.2, 0) is 4.79 Å². The van der Waals surface area contributed by atoms with E-state index in [4.69, 9.17) is 5.73 Å². The van der Waals surface area contributed by atoms with E-state index in [1.807, 2.05) is 13.8 Å². The fourth-order valence-electron chi connectivity index (χ4n) is 0.792. The van der Waals surface area contributed by atoms with Crippen molar-refractivity contribution < 1.29 is 4.79 Å². The highest BCUT2D eigenvalue weighted by molar-refractivity contribution is 5.74. The van der Waals surface area contributed by atoms with Gasteiger partial charge in [-0.15, -0.1) is 0 Å². The molecule has 10 heavy (non-hydrogen) atoms. The third kappa shape index (κ3) is 2.67. The molecule has 0 unspecified atom stereocenters. The van der Waals surface area contributed by atoms with Crippen molar-refractivity contribution in [3.05, 3.63) is 11.3 Å². The van der Waals surface area contributed by atoms with Crippen molar-refractivity contribution in [2.75, 3.05) is 0 Å². The van der Waals surface area contributed by atoms with E-state index >= 15 is 0 Å². The van der Waals surface area contributed by atoms with E-state index in [2.05, 4.69) is 0 Å². The van der Waals surface area contributed by atoms with Crippen LogP contribution in [0.2, 0.25) is 0 Å². The van der Waals surface area contributed by atoms with Gasteiger partial charge in [0.2, 0.25) is 0 Å². The Morgan fingerprint density at radius 1 is 1.50 bits per heavy atom. The minimum absolute atomic E-state index is 0.733. The molecule has 0 aromatic rings. The van der Waals surface area contributed by atoms with Gasteiger partial charge in [0.1, 0.15) is 6.29 Å². The van der Waals surface area contributed by atoms with Crippen molar-refractivity contribution in [1.29, 1.82) is 0 Å². The predicted octanol–water partition coefficient (Wildman–Crippen LogP) is 1.61. The summed E-state index contributed by atoms with van der Waals surface area (Å²) in [5.74, 6) is 0. The van der Waals surface area contributed by atoms with E-state index in [0.717, 1.165) is 36.8 Å². The molecule has 2 nitrogen and oxygen atoms in total. The maximum Gasteiger partial charge on any atom is 0.147 e. The van der Waals surface area contributed by atoms with Crippen LogP contribution in [0, 0.1) is 0 Å². The van der Waals surface area contributed by atoms with Gasteiger partial charge in [0.25, 0.3) is 0 Å². The molecule has 0 aromatic carbocycles. The minimum Gasteiger partial charge on any atom is -0.402 e. The molecule has 0 aliphatic heterocycles. The van der Waals surface area contributed by atoms with E-state index in [1.165, 1.54) is 0 Å². The van der Waals surface area contributed by atoms with Crippen LogP contribution in [-0.4, -0.2) is 6.29 Å². The number of nitrogens with two attached hydrogens (primary N) is 1. The summed E-state index contributed by atoms with van der Waals surface area (Å²) < 4.78 is 0. The van der Waals surface area contributed by atoms with Gasteiger partial charge in [-0.25, -0.2) is 0 Å². The maximum atomic E-state index is 10.4. The van der Waals surface area contributed by atoms with Gasteiger partial charge in [-0.1, -0.05) is 20.3 Å². The Bertz CT molecular complexity index is 138. The molecule has 0 spiro atoms. The number of carbonyl (C=O) groups is 1. The lowest BCUT2D eigenvalue weighted by Gasteiger charge is -2.00. The van der Waals surface area contributed by atoms with E-state index in [-0.39, 0.29) is 0 Å². The molecule has 0 saturated heterocycles. The monoisotopic (exact) mass is 141 g/mol. The Kier molecular flexibility index (Phi) is 4.63. The highest BCUT2D eigenvalue weighted by Crippen LogP contribution is 2.06. The van der Waals surface area contributed by atoms with Crippen molar-refractivity contribution >= 4 is 6.29 Å². The lowest BCUT2D eigenvalue weighted by atomic mass is 10.1. The van der Waals surface area contributed by atoms with Crippen molar-refractivity contribution in [3.8, 4) is 0 Å². The topological polar surface area (TPSA) is 43.1 Å². The number of carbonyl (C=O) groups excluding carboxylic acids is 1. The molecule has 2 N–H and O–H groups in total. The van der Waals surface area contributed by atoms with E-state index < -0.39 is 0 Å². The second kappa shape index (κ2) is 5.03. The zero-order valence-electron chi connectivity index (χ0n) is 6.68. The zero-order valence-corrected chi connectivity index (χ0v) is 6.68. The van der Waals surface area contributed by atoms with E-state index in [0.29, 0.717) is 0 Å². The van der Waals surface area contributed by atoms with E-state index in [9.17, 15) is 4.79 Å². The second-order valence-corrected chi connectivity index (χ2v) is 2.27. The molecule has 0 radical (unpaired) electrons. The zero-order chi connectivity index (χ0) is 7.98. The molecular formula is C8H15NO. The van der Waals surface area contributed by atoms with E-state index in [1.54, 1.807) is 0 Å². The summed E-state index contributed by atoms with van der Waals surface area (Å²) in [5, 5.41) is 0. The lowest BCUT2D eigenvalue weighted by Crippen LogP contribution is -2.02. The summed E-state index contributed by atoms with van der Waals surface area (Å²) >= 11 is 0. The first-order valence-electron chi connectivity index (χ1n) is 3.68. The Morgan fingerprint density at radius 3 is 2.40 bits per heavy atom. The molecule has 0 heterocycles. The molecule has 0 amide bonds. The van der Waals surface area contributed by atoms with Gasteiger partial charge in [-0.05, 0) is 12.8 Å². The minimum atomic E-state index is 0.733. The molecule has 0 rings (SSSR count). The number of rotatable bonds is 4. The average Bonchev–Trinajstić information content (AvgIpc) is 1.99. The molecule has 0 fully saturated rings. The molecule has 58 valence electrons. The first-order valence-corrected chi connectivity index (χ1v) is 3.68. The Labute approximate surface area is 62.1 Å². The quantitative estimate of drug-likeness (QED) is 0.477. The van der Waals surface area contributed by atoms with Crippen molar-refractivity contribution in [1.82, 2.24) is 0 Å². The van der Waals surface area contributed by atoms with Crippen LogP contribution in [0.15, 0.2) is 11.3 Å². The van der Waals surface area contributed by atoms with Crippen LogP contribution >= 0.6 is 0 Å². The van der Waals surface area contributed by atoms with Gasteiger partial charge < -0.3 is 5.73 Å². The summed E-state index contributed by atoms with van der Waals surface area (Å²) in [6, 6.07) is 0. The van der Waals surface area contributed by atoms with Gasteiger partial charge in [-0.3, -0.25) is 4.79 Å². The van der Waals surface area contributed by atoms with Crippen LogP contribution in [0.4, 0.5) is 0 Å². The molecule has 0 atom stereocenters. The molecule has 0 aliphatic carbocycles. The predicted molar refractivity (Wildman–Crippen MR) is 42.5 cm³/mol. The van der Waals surface area contributed by atoms with Crippen LogP contribution < -0.4 is 5.73 Å². The normalized spacial score (nSPS) is 12.6. The number of allylic oxidation sites excluding steroid dienone is 2. The first-order chi connectivity index (χ1) is 4.76. The van der Waals surface area contributed by atoms with Gasteiger partial charge >= 0.3 is 0 Å². The first kappa shape index (κ1) is 9.21. The second-order valence-electron chi connectivity index (χ2n) is 2.27. The van der Waals surface area contributed by atoms with Crippen LogP contribution in [0.3, 0.4) is 0 Å². The van der Waals surface area contributed by atoms with Gasteiger partial charge in [0, 0.05) is 11.3 Å². The summed E-state index contributed by atoms with van der Waals surface area (Å²) in [7, 11) is 0. The molecular weight excluding hydrogens is 126 g/mol. The Hall–Kier alpha value is -0.790. The highest BCUT2D eigenvalue weighted by atomic mass is 16.1.